The molecule has 1 heterocycles. The minimum absolute atomic E-state index is 0.00364. The maximum atomic E-state index is 12.4. The number of sulfonamides is 1. The third kappa shape index (κ3) is 5.14. The van der Waals surface area contributed by atoms with E-state index in [0.717, 1.165) is 11.9 Å². The maximum absolute atomic E-state index is 12.4. The highest BCUT2D eigenvalue weighted by Gasteiger charge is 2.16. The molecule has 3 rings (SSSR count). The number of anilines is 3. The number of nitrogens with two attached hydrogens (primary N) is 1. The lowest BCUT2D eigenvalue weighted by Crippen LogP contribution is -2.32. The molecule has 0 spiro atoms. The lowest BCUT2D eigenvalue weighted by molar-refractivity contribution is 0.0962. The van der Waals surface area contributed by atoms with Crippen molar-refractivity contribution >= 4 is 44.9 Å². The number of nitrogens with one attached hydrogen (secondary N) is 4. The Kier molecular flexibility index (Phi) is 6.35. The first-order chi connectivity index (χ1) is 14.3. The molecule has 1 amide bonds. The fraction of sp³-hybridized carbons (Fsp3) is 0.0556. The minimum Gasteiger partial charge on any atom is -0.393 e. The van der Waals surface area contributed by atoms with Crippen molar-refractivity contribution in [2.75, 3.05) is 16.6 Å². The Hall–Kier alpha value is -3.41. The van der Waals surface area contributed by atoms with Crippen molar-refractivity contribution in [1.82, 2.24) is 20.2 Å². The van der Waals surface area contributed by atoms with Crippen LogP contribution in [0.3, 0.4) is 0 Å². The van der Waals surface area contributed by atoms with Crippen LogP contribution in [0.4, 0.5) is 17.3 Å². The van der Waals surface area contributed by atoms with Crippen molar-refractivity contribution in [3.63, 3.8) is 0 Å². The fourth-order valence-electron chi connectivity index (χ4n) is 2.28. The van der Waals surface area contributed by atoms with E-state index in [-0.39, 0.29) is 22.2 Å². The third-order valence-electron chi connectivity index (χ3n) is 3.92. The van der Waals surface area contributed by atoms with Crippen LogP contribution in [-0.2, 0) is 10.0 Å². The highest BCUT2D eigenvalue weighted by Crippen LogP contribution is 2.21. The highest BCUT2D eigenvalue weighted by atomic mass is 35.5. The molecule has 0 fully saturated rings. The summed E-state index contributed by atoms with van der Waals surface area (Å²) >= 11 is 5.80. The Morgan fingerprint density at radius 2 is 1.57 bits per heavy atom. The average Bonchev–Trinajstić information content (AvgIpc) is 2.73. The number of halogens is 1. The first-order valence-corrected chi connectivity index (χ1v) is 10.4. The molecule has 0 unspecified atom stereocenters. The van der Waals surface area contributed by atoms with Crippen LogP contribution in [0.5, 0.6) is 0 Å². The molecule has 156 valence electrons. The summed E-state index contributed by atoms with van der Waals surface area (Å²) in [7, 11) is -3.85. The van der Waals surface area contributed by atoms with Gasteiger partial charge in [0.15, 0.2) is 11.6 Å². The summed E-state index contributed by atoms with van der Waals surface area (Å²) in [6.45, 7) is 1.85. The van der Waals surface area contributed by atoms with Gasteiger partial charge < -0.3 is 5.73 Å². The van der Waals surface area contributed by atoms with Gasteiger partial charge in [-0.3, -0.25) is 21.1 Å². The predicted octanol–water partition coefficient (Wildman–Crippen LogP) is 2.08. The molecule has 0 saturated carbocycles. The summed E-state index contributed by atoms with van der Waals surface area (Å²) in [5.74, 6) is -0.368. The SMILES string of the molecule is Cc1ccc(S(=O)(=O)NNc2ncnc(NNC(=O)c3ccc(Cl)cc3)c2N)cc1. The van der Waals surface area contributed by atoms with E-state index in [4.69, 9.17) is 17.3 Å². The smallest absolute Gasteiger partial charge is 0.269 e. The van der Waals surface area contributed by atoms with Gasteiger partial charge in [-0.2, -0.15) is 0 Å². The zero-order chi connectivity index (χ0) is 21.7. The van der Waals surface area contributed by atoms with Gasteiger partial charge in [-0.1, -0.05) is 29.3 Å². The second-order valence-corrected chi connectivity index (χ2v) is 8.23. The second-order valence-electron chi connectivity index (χ2n) is 6.11. The average molecular weight is 448 g/mol. The van der Waals surface area contributed by atoms with Gasteiger partial charge in [-0.05, 0) is 43.3 Å². The Bertz CT molecular complexity index is 1150. The molecule has 0 radical (unpaired) electrons. The molecule has 0 aliphatic heterocycles. The number of hydrazine groups is 2. The summed E-state index contributed by atoms with van der Waals surface area (Å²) in [5.41, 5.74) is 14.7. The molecule has 0 saturated heterocycles. The molecule has 1 aromatic heterocycles. The number of hydrogen-bond donors (Lipinski definition) is 5. The largest absolute Gasteiger partial charge is 0.393 e. The van der Waals surface area contributed by atoms with E-state index in [1.54, 1.807) is 36.4 Å². The number of carbonyl (C=O) groups is 1. The summed E-state index contributed by atoms with van der Waals surface area (Å²) in [6, 6.07) is 12.6. The van der Waals surface area contributed by atoms with Gasteiger partial charge in [-0.25, -0.2) is 18.4 Å². The van der Waals surface area contributed by atoms with Gasteiger partial charge in [0.25, 0.3) is 15.9 Å². The van der Waals surface area contributed by atoms with Gasteiger partial charge in [0.2, 0.25) is 0 Å². The Morgan fingerprint density at radius 3 is 2.20 bits per heavy atom. The molecule has 10 nitrogen and oxygen atoms in total. The number of carbonyl (C=O) groups excluding carboxylic acids is 1. The quantitative estimate of drug-likeness (QED) is 0.345. The number of aromatic nitrogens is 2. The van der Waals surface area contributed by atoms with Crippen LogP contribution in [0.15, 0.2) is 59.8 Å². The van der Waals surface area contributed by atoms with Crippen molar-refractivity contribution in [2.24, 2.45) is 0 Å². The molecule has 0 aliphatic rings. The van der Waals surface area contributed by atoms with E-state index in [9.17, 15) is 13.2 Å². The molecule has 30 heavy (non-hydrogen) atoms. The Labute approximate surface area is 177 Å². The number of benzene rings is 2. The molecule has 6 N–H and O–H groups in total. The van der Waals surface area contributed by atoms with Crippen molar-refractivity contribution in [1.29, 1.82) is 0 Å². The zero-order valence-corrected chi connectivity index (χ0v) is 17.3. The van der Waals surface area contributed by atoms with Gasteiger partial charge in [0.05, 0.1) is 4.90 Å². The van der Waals surface area contributed by atoms with E-state index in [0.29, 0.717) is 10.6 Å². The fourth-order valence-corrected chi connectivity index (χ4v) is 3.25. The maximum Gasteiger partial charge on any atom is 0.269 e. The van der Waals surface area contributed by atoms with Gasteiger partial charge in [-0.15, -0.1) is 4.83 Å². The van der Waals surface area contributed by atoms with Crippen LogP contribution in [-0.4, -0.2) is 24.3 Å². The summed E-state index contributed by atoms with van der Waals surface area (Å²) < 4.78 is 24.7. The van der Waals surface area contributed by atoms with E-state index in [1.165, 1.54) is 12.1 Å². The number of nitrogen functional groups attached to an aromatic ring is 1. The van der Waals surface area contributed by atoms with E-state index in [2.05, 4.69) is 31.1 Å². The molecule has 0 atom stereocenters. The molecule has 3 aromatic rings. The number of aryl methyl sites for hydroxylation is 1. The van der Waals surface area contributed by atoms with Crippen molar-refractivity contribution in [3.8, 4) is 0 Å². The van der Waals surface area contributed by atoms with Crippen LogP contribution in [0.1, 0.15) is 15.9 Å². The van der Waals surface area contributed by atoms with Crippen LogP contribution in [0.25, 0.3) is 0 Å². The summed E-state index contributed by atoms with van der Waals surface area (Å²) in [4.78, 5) is 22.3. The predicted molar refractivity (Wildman–Crippen MR) is 114 cm³/mol. The third-order valence-corrected chi connectivity index (χ3v) is 5.44. The first kappa shape index (κ1) is 21.3. The van der Waals surface area contributed by atoms with Crippen LogP contribution >= 0.6 is 11.6 Å². The molecule has 2 aromatic carbocycles. The first-order valence-electron chi connectivity index (χ1n) is 8.53. The highest BCUT2D eigenvalue weighted by molar-refractivity contribution is 7.89. The van der Waals surface area contributed by atoms with Crippen LogP contribution < -0.4 is 26.8 Å². The van der Waals surface area contributed by atoms with Crippen molar-refractivity contribution in [2.45, 2.75) is 11.8 Å². The van der Waals surface area contributed by atoms with Crippen molar-refractivity contribution in [3.05, 3.63) is 71.0 Å². The summed E-state index contributed by atoms with van der Waals surface area (Å²) in [5, 5.41) is 0.503. The Morgan fingerprint density at radius 1 is 0.967 bits per heavy atom. The van der Waals surface area contributed by atoms with Gasteiger partial charge in [0.1, 0.15) is 12.0 Å². The van der Waals surface area contributed by atoms with E-state index >= 15 is 0 Å². The number of hydrogen-bond acceptors (Lipinski definition) is 8. The van der Waals surface area contributed by atoms with Crippen LogP contribution in [0, 0.1) is 6.92 Å². The van der Waals surface area contributed by atoms with Crippen molar-refractivity contribution < 1.29 is 13.2 Å². The second kappa shape index (κ2) is 8.95. The normalized spacial score (nSPS) is 11.0. The lowest BCUT2D eigenvalue weighted by atomic mass is 10.2. The minimum atomic E-state index is -3.85. The molecule has 0 aliphatic carbocycles. The molecule has 0 bridgehead atoms. The molecular weight excluding hydrogens is 430 g/mol. The molecular formula is C18H18ClN7O3S. The van der Waals surface area contributed by atoms with Crippen LogP contribution in [0.2, 0.25) is 5.02 Å². The standard InChI is InChI=1S/C18H18ClN7O3S/c1-11-2-8-14(9-3-11)30(28,29)26-24-17-15(20)16(21-10-22-17)23-25-18(27)12-4-6-13(19)7-5-12/h2-10,26H,20H2,1H3,(H,25,27)(H2,21,22,23,24). The topological polar surface area (TPSA) is 151 Å². The van der Waals surface area contributed by atoms with E-state index < -0.39 is 15.9 Å². The summed E-state index contributed by atoms with van der Waals surface area (Å²) in [6.07, 6.45) is 1.15. The molecule has 12 heteroatoms. The number of nitrogens with zero attached hydrogens (tertiary/aromatic N) is 2. The zero-order valence-electron chi connectivity index (χ0n) is 15.7. The van der Waals surface area contributed by atoms with Gasteiger partial charge >= 0.3 is 0 Å². The number of amides is 1. The number of rotatable bonds is 7. The van der Waals surface area contributed by atoms with E-state index in [1.807, 2.05) is 6.92 Å². The monoisotopic (exact) mass is 447 g/mol. The Balaban J connectivity index is 1.66. The van der Waals surface area contributed by atoms with Gasteiger partial charge in [0, 0.05) is 10.6 Å². The lowest BCUT2D eigenvalue weighted by Gasteiger charge is -2.14.